The number of carbonyl (C=O) groups excluding carboxylic acids is 2. The maximum atomic E-state index is 14.0. The molecular weight excluding hydrogens is 494 g/mol. The number of methoxy groups -OCH3 is 1. The zero-order valence-electron chi connectivity index (χ0n) is 21.8. The minimum atomic E-state index is -3.03. The van der Waals surface area contributed by atoms with Crippen molar-refractivity contribution in [3.63, 3.8) is 0 Å². The summed E-state index contributed by atoms with van der Waals surface area (Å²) in [6.07, 6.45) is -1.46. The third kappa shape index (κ3) is 4.92. The Morgan fingerprint density at radius 1 is 1.18 bits per heavy atom. The van der Waals surface area contributed by atoms with Gasteiger partial charge >= 0.3 is 12.5 Å². The molecule has 0 atom stereocenters. The van der Waals surface area contributed by atoms with E-state index in [0.717, 1.165) is 30.8 Å². The van der Waals surface area contributed by atoms with Crippen LogP contribution in [-0.2, 0) is 17.8 Å². The Hall–Kier alpha value is -3.31. The molecule has 0 unspecified atom stereocenters. The molecule has 3 amide bonds. The van der Waals surface area contributed by atoms with E-state index in [1.54, 1.807) is 12.0 Å². The van der Waals surface area contributed by atoms with Gasteiger partial charge in [0.25, 0.3) is 5.91 Å². The quantitative estimate of drug-likeness (QED) is 0.575. The maximum absolute atomic E-state index is 14.0. The van der Waals surface area contributed by atoms with Gasteiger partial charge in [-0.05, 0) is 48.6 Å². The van der Waals surface area contributed by atoms with Crippen LogP contribution in [0.1, 0.15) is 42.5 Å². The molecule has 0 saturated carbocycles. The highest BCUT2D eigenvalue weighted by molar-refractivity contribution is 5.94. The van der Waals surface area contributed by atoms with Gasteiger partial charge in [0.15, 0.2) is 0 Å². The van der Waals surface area contributed by atoms with Gasteiger partial charge in [-0.3, -0.25) is 20.5 Å². The van der Waals surface area contributed by atoms with Gasteiger partial charge in [0.05, 0.1) is 19.2 Å². The van der Waals surface area contributed by atoms with Crippen molar-refractivity contribution in [3.8, 4) is 5.75 Å². The van der Waals surface area contributed by atoms with Gasteiger partial charge in [0.1, 0.15) is 11.6 Å². The van der Waals surface area contributed by atoms with E-state index in [1.165, 1.54) is 10.5 Å². The van der Waals surface area contributed by atoms with E-state index >= 15 is 0 Å². The van der Waals surface area contributed by atoms with Crippen molar-refractivity contribution in [3.05, 3.63) is 53.2 Å². The molecule has 3 fully saturated rings. The SMILES string of the molecule is CCc1nc(N2CC3(CCN(C(=O)C(F)F)CC3)N(Cc3cccc(OC)c3)C2=O)ccc1C1CNNC1. The van der Waals surface area contributed by atoms with E-state index < -0.39 is 17.9 Å². The number of aromatic nitrogens is 1. The van der Waals surface area contributed by atoms with Gasteiger partial charge in [0.2, 0.25) is 0 Å². The van der Waals surface area contributed by atoms with Gasteiger partial charge in [0, 0.05) is 44.3 Å². The van der Waals surface area contributed by atoms with Crippen LogP contribution in [0.5, 0.6) is 5.75 Å². The fourth-order valence-electron chi connectivity index (χ4n) is 5.86. The van der Waals surface area contributed by atoms with E-state index in [1.807, 2.05) is 35.2 Å². The van der Waals surface area contributed by atoms with Gasteiger partial charge < -0.3 is 14.5 Å². The molecule has 3 saturated heterocycles. The molecule has 2 aromatic rings. The molecule has 5 rings (SSSR count). The summed E-state index contributed by atoms with van der Waals surface area (Å²) in [4.78, 5) is 35.6. The lowest BCUT2D eigenvalue weighted by Crippen LogP contribution is -2.55. The zero-order chi connectivity index (χ0) is 26.9. The number of piperidine rings is 1. The molecule has 204 valence electrons. The molecule has 0 radical (unpaired) electrons. The summed E-state index contributed by atoms with van der Waals surface area (Å²) in [7, 11) is 1.59. The van der Waals surface area contributed by atoms with Crippen molar-refractivity contribution in [2.75, 3.05) is 44.7 Å². The highest BCUT2D eigenvalue weighted by Gasteiger charge is 2.52. The average Bonchev–Trinajstić information content (AvgIpc) is 3.56. The summed E-state index contributed by atoms with van der Waals surface area (Å²) in [5, 5.41) is 0. The van der Waals surface area contributed by atoms with Crippen molar-refractivity contribution >= 4 is 17.8 Å². The molecule has 9 nitrogen and oxygen atoms in total. The molecule has 3 aliphatic heterocycles. The van der Waals surface area contributed by atoms with Crippen molar-refractivity contribution in [2.45, 2.75) is 50.6 Å². The summed E-state index contributed by atoms with van der Waals surface area (Å²) >= 11 is 0. The van der Waals surface area contributed by atoms with Crippen LogP contribution >= 0.6 is 0 Å². The minimum absolute atomic E-state index is 0.173. The average molecular weight is 529 g/mol. The Labute approximate surface area is 221 Å². The summed E-state index contributed by atoms with van der Waals surface area (Å²) < 4.78 is 31.5. The van der Waals surface area contributed by atoms with Crippen LogP contribution in [0.15, 0.2) is 36.4 Å². The lowest BCUT2D eigenvalue weighted by molar-refractivity contribution is -0.145. The predicted molar refractivity (Wildman–Crippen MR) is 138 cm³/mol. The van der Waals surface area contributed by atoms with E-state index in [0.29, 0.717) is 43.4 Å². The summed E-state index contributed by atoms with van der Waals surface area (Å²) in [5.41, 5.74) is 8.75. The smallest absolute Gasteiger partial charge is 0.326 e. The largest absolute Gasteiger partial charge is 0.497 e. The van der Waals surface area contributed by atoms with Crippen molar-refractivity contribution in [1.29, 1.82) is 0 Å². The number of benzene rings is 1. The van der Waals surface area contributed by atoms with Gasteiger partial charge in [-0.1, -0.05) is 25.1 Å². The molecule has 1 aromatic heterocycles. The van der Waals surface area contributed by atoms with Crippen LogP contribution in [0, 0.1) is 0 Å². The first-order valence-corrected chi connectivity index (χ1v) is 13.1. The second-order valence-electron chi connectivity index (χ2n) is 10.2. The van der Waals surface area contributed by atoms with Gasteiger partial charge in [-0.25, -0.2) is 9.78 Å². The second-order valence-corrected chi connectivity index (χ2v) is 10.2. The summed E-state index contributed by atoms with van der Waals surface area (Å²) in [5.74, 6) is 0.445. The van der Waals surface area contributed by atoms with Crippen molar-refractivity contribution in [2.24, 2.45) is 0 Å². The topological polar surface area (TPSA) is 90.0 Å². The predicted octanol–water partition coefficient (Wildman–Crippen LogP) is 2.91. The number of likely N-dealkylation sites (tertiary alicyclic amines) is 1. The number of urea groups is 1. The lowest BCUT2D eigenvalue weighted by atomic mass is 9.86. The molecule has 0 aliphatic carbocycles. The number of ether oxygens (including phenoxy) is 1. The zero-order valence-corrected chi connectivity index (χ0v) is 21.8. The van der Waals surface area contributed by atoms with Crippen LogP contribution in [0.3, 0.4) is 0 Å². The fraction of sp³-hybridized carbons (Fsp3) is 0.519. The number of carbonyl (C=O) groups is 2. The minimum Gasteiger partial charge on any atom is -0.497 e. The number of rotatable bonds is 7. The highest BCUT2D eigenvalue weighted by Crippen LogP contribution is 2.40. The monoisotopic (exact) mass is 528 g/mol. The van der Waals surface area contributed by atoms with Crippen LogP contribution in [0.4, 0.5) is 19.4 Å². The van der Waals surface area contributed by atoms with E-state index in [9.17, 15) is 18.4 Å². The Morgan fingerprint density at radius 2 is 1.92 bits per heavy atom. The van der Waals surface area contributed by atoms with Crippen molar-refractivity contribution in [1.82, 2.24) is 25.6 Å². The van der Waals surface area contributed by atoms with Gasteiger partial charge in [-0.15, -0.1) is 0 Å². The molecule has 0 bridgehead atoms. The number of aryl methyl sites for hydroxylation is 1. The van der Waals surface area contributed by atoms with E-state index in [2.05, 4.69) is 23.8 Å². The molecule has 11 heteroatoms. The number of nitrogens with zero attached hydrogens (tertiary/aromatic N) is 4. The third-order valence-electron chi connectivity index (χ3n) is 8.02. The first-order chi connectivity index (χ1) is 18.3. The highest BCUT2D eigenvalue weighted by atomic mass is 19.3. The standard InChI is InChI=1S/C27H34F2N6O3/c1-3-22-21(19-14-30-31-15-19)7-8-23(32-22)34-17-27(9-11-33(12-10-27)25(36)24(28)29)35(26(34)37)16-18-5-4-6-20(13-18)38-2/h4-8,13,19,24,30-31H,3,9-12,14-17H2,1-2H3. The Morgan fingerprint density at radius 3 is 2.58 bits per heavy atom. The van der Waals surface area contributed by atoms with Crippen LogP contribution in [0.25, 0.3) is 0 Å². The molecule has 1 aromatic carbocycles. The number of hydrogen-bond donors (Lipinski definition) is 2. The summed E-state index contributed by atoms with van der Waals surface area (Å²) in [6, 6.07) is 11.4. The first kappa shape index (κ1) is 26.3. The second kappa shape index (κ2) is 10.8. The number of hydrazine groups is 1. The van der Waals surface area contributed by atoms with E-state index in [-0.39, 0.29) is 19.1 Å². The first-order valence-electron chi connectivity index (χ1n) is 13.1. The van der Waals surface area contributed by atoms with Crippen LogP contribution < -0.4 is 20.5 Å². The van der Waals surface area contributed by atoms with E-state index in [4.69, 9.17) is 9.72 Å². The number of pyridine rings is 1. The molecule has 1 spiro atoms. The van der Waals surface area contributed by atoms with Crippen molar-refractivity contribution < 1.29 is 23.1 Å². The number of alkyl halides is 2. The normalized spacial score (nSPS) is 19.7. The molecular formula is C27H34F2N6O3. The Kier molecular flexibility index (Phi) is 7.49. The van der Waals surface area contributed by atoms with Crippen LogP contribution in [-0.4, -0.2) is 78.5 Å². The molecule has 4 heterocycles. The number of nitrogens with one attached hydrogen (secondary N) is 2. The Balaban J connectivity index is 1.45. The fourth-order valence-corrected chi connectivity index (χ4v) is 5.86. The Bertz CT molecular complexity index is 1180. The molecule has 3 aliphatic rings. The molecule has 38 heavy (non-hydrogen) atoms. The summed E-state index contributed by atoms with van der Waals surface area (Å²) in [6.45, 7) is 4.77. The lowest BCUT2D eigenvalue weighted by Gasteiger charge is -2.43. The van der Waals surface area contributed by atoms with Gasteiger partial charge in [-0.2, -0.15) is 8.78 Å². The van der Waals surface area contributed by atoms with Crippen LogP contribution in [0.2, 0.25) is 0 Å². The number of amides is 3. The number of hydrogen-bond acceptors (Lipinski definition) is 6. The molecule has 2 N–H and O–H groups in total. The number of anilines is 1. The number of halogens is 2. The third-order valence-corrected chi connectivity index (χ3v) is 8.02. The maximum Gasteiger partial charge on any atom is 0.326 e.